The Hall–Kier alpha value is -1.56. The summed E-state index contributed by atoms with van der Waals surface area (Å²) >= 11 is 0. The summed E-state index contributed by atoms with van der Waals surface area (Å²) in [6.07, 6.45) is 1.49. The van der Waals surface area contributed by atoms with E-state index in [1.807, 2.05) is 0 Å². The third-order valence-electron chi connectivity index (χ3n) is 2.69. The van der Waals surface area contributed by atoms with E-state index in [0.717, 1.165) is 6.26 Å². The van der Waals surface area contributed by atoms with Gasteiger partial charge in [0.15, 0.2) is 9.84 Å². The van der Waals surface area contributed by atoms with Gasteiger partial charge in [0.25, 0.3) is 0 Å². The molecule has 0 saturated heterocycles. The molecule has 1 N–H and O–H groups in total. The molecule has 0 heterocycles. The van der Waals surface area contributed by atoms with Crippen molar-refractivity contribution in [2.45, 2.75) is 18.6 Å². The molecule has 1 aromatic carbocycles. The van der Waals surface area contributed by atoms with Crippen LogP contribution in [0.15, 0.2) is 29.4 Å². The summed E-state index contributed by atoms with van der Waals surface area (Å²) in [5.41, 5.74) is 0.721. The second-order valence-corrected chi connectivity index (χ2v) is 6.17. The first-order chi connectivity index (χ1) is 8.43. The molecule has 0 aliphatic rings. The third kappa shape index (κ3) is 3.22. The fourth-order valence-corrected chi connectivity index (χ4v) is 2.96. The van der Waals surface area contributed by atoms with Crippen LogP contribution in [0.25, 0.3) is 0 Å². The molecule has 0 spiro atoms. The SMILES string of the molecule is CC[C@H](/C(=N\O)c1ccc(OC)cc1)S(C)(=O)=O. The van der Waals surface area contributed by atoms with Crippen molar-refractivity contribution in [2.75, 3.05) is 13.4 Å². The highest BCUT2D eigenvalue weighted by Gasteiger charge is 2.26. The van der Waals surface area contributed by atoms with Crippen LogP contribution in [0.3, 0.4) is 0 Å². The molecule has 0 aromatic heterocycles. The molecule has 0 aliphatic carbocycles. The smallest absolute Gasteiger partial charge is 0.156 e. The number of rotatable bonds is 5. The normalized spacial score (nSPS) is 14.3. The van der Waals surface area contributed by atoms with Gasteiger partial charge in [-0.25, -0.2) is 8.42 Å². The molecule has 0 radical (unpaired) electrons. The van der Waals surface area contributed by atoms with Gasteiger partial charge in [0.2, 0.25) is 0 Å². The Bertz CT molecular complexity index is 520. The van der Waals surface area contributed by atoms with Crippen LogP contribution in [0.5, 0.6) is 5.75 Å². The van der Waals surface area contributed by atoms with Crippen molar-refractivity contribution in [2.24, 2.45) is 5.16 Å². The minimum Gasteiger partial charge on any atom is -0.497 e. The molecule has 0 amide bonds. The van der Waals surface area contributed by atoms with Gasteiger partial charge >= 0.3 is 0 Å². The molecular weight excluding hydrogens is 254 g/mol. The minimum atomic E-state index is -3.31. The Morgan fingerprint density at radius 3 is 2.28 bits per heavy atom. The van der Waals surface area contributed by atoms with Gasteiger partial charge in [-0.05, 0) is 30.7 Å². The first-order valence-electron chi connectivity index (χ1n) is 5.49. The molecule has 1 atom stereocenters. The van der Waals surface area contributed by atoms with E-state index in [9.17, 15) is 8.42 Å². The Balaban J connectivity index is 3.17. The van der Waals surface area contributed by atoms with Gasteiger partial charge in [-0.15, -0.1) is 0 Å². The third-order valence-corrected chi connectivity index (χ3v) is 4.28. The Morgan fingerprint density at radius 2 is 1.94 bits per heavy atom. The largest absolute Gasteiger partial charge is 0.497 e. The lowest BCUT2D eigenvalue weighted by Crippen LogP contribution is -2.29. The average Bonchev–Trinajstić information content (AvgIpc) is 2.34. The number of hydrogen-bond donors (Lipinski definition) is 1. The zero-order chi connectivity index (χ0) is 13.8. The Labute approximate surface area is 107 Å². The van der Waals surface area contributed by atoms with E-state index in [0.29, 0.717) is 17.7 Å². The number of oxime groups is 1. The maximum absolute atomic E-state index is 11.6. The number of sulfone groups is 1. The van der Waals surface area contributed by atoms with Crippen LogP contribution >= 0.6 is 0 Å². The molecule has 0 fully saturated rings. The summed E-state index contributed by atoms with van der Waals surface area (Å²) in [5, 5.41) is 11.4. The number of methoxy groups -OCH3 is 1. The van der Waals surface area contributed by atoms with E-state index in [2.05, 4.69) is 5.16 Å². The molecule has 6 heteroatoms. The number of ether oxygens (including phenoxy) is 1. The Morgan fingerprint density at radius 1 is 1.39 bits per heavy atom. The predicted octanol–water partition coefficient (Wildman–Crippen LogP) is 1.70. The topological polar surface area (TPSA) is 76.0 Å². The number of nitrogens with zero attached hydrogens (tertiary/aromatic N) is 1. The summed E-state index contributed by atoms with van der Waals surface area (Å²) in [6.45, 7) is 1.74. The van der Waals surface area contributed by atoms with Gasteiger partial charge in [0.1, 0.15) is 16.7 Å². The molecule has 0 unspecified atom stereocenters. The second-order valence-electron chi connectivity index (χ2n) is 3.94. The maximum atomic E-state index is 11.6. The van der Waals surface area contributed by atoms with Crippen molar-refractivity contribution in [3.8, 4) is 5.75 Å². The molecule has 5 nitrogen and oxygen atoms in total. The van der Waals surface area contributed by atoms with Gasteiger partial charge in [-0.1, -0.05) is 12.1 Å². The zero-order valence-electron chi connectivity index (χ0n) is 10.6. The van der Waals surface area contributed by atoms with E-state index < -0.39 is 15.1 Å². The van der Waals surface area contributed by atoms with Crippen molar-refractivity contribution >= 4 is 15.5 Å². The summed E-state index contributed by atoms with van der Waals surface area (Å²) in [5.74, 6) is 0.656. The fraction of sp³-hybridized carbons (Fsp3) is 0.417. The summed E-state index contributed by atoms with van der Waals surface area (Å²) in [4.78, 5) is 0. The van der Waals surface area contributed by atoms with E-state index in [1.165, 1.54) is 0 Å². The van der Waals surface area contributed by atoms with Crippen LogP contribution in [0.4, 0.5) is 0 Å². The van der Waals surface area contributed by atoms with Gasteiger partial charge in [-0.2, -0.15) is 0 Å². The summed E-state index contributed by atoms with van der Waals surface area (Å²) in [6, 6.07) is 6.72. The van der Waals surface area contributed by atoms with Crippen LogP contribution in [0.1, 0.15) is 18.9 Å². The lowest BCUT2D eigenvalue weighted by molar-refractivity contribution is 0.318. The van der Waals surface area contributed by atoms with E-state index >= 15 is 0 Å². The maximum Gasteiger partial charge on any atom is 0.156 e. The van der Waals surface area contributed by atoms with Gasteiger partial charge in [0, 0.05) is 11.8 Å². The van der Waals surface area contributed by atoms with E-state index in [1.54, 1.807) is 38.3 Å². The molecular formula is C12H17NO4S. The van der Waals surface area contributed by atoms with Gasteiger partial charge in [-0.3, -0.25) is 0 Å². The van der Waals surface area contributed by atoms with Crippen LogP contribution in [-0.4, -0.2) is 38.0 Å². The van der Waals surface area contributed by atoms with E-state index in [4.69, 9.17) is 9.94 Å². The quantitative estimate of drug-likeness (QED) is 0.502. The first-order valence-corrected chi connectivity index (χ1v) is 7.44. The van der Waals surface area contributed by atoms with Crippen LogP contribution in [0.2, 0.25) is 0 Å². The second kappa shape index (κ2) is 5.86. The van der Waals surface area contributed by atoms with Crippen LogP contribution in [-0.2, 0) is 9.84 Å². The molecule has 0 bridgehead atoms. The van der Waals surface area contributed by atoms with Crippen molar-refractivity contribution < 1.29 is 18.4 Å². The number of benzene rings is 1. The van der Waals surface area contributed by atoms with Gasteiger partial charge in [0.05, 0.1) is 7.11 Å². The monoisotopic (exact) mass is 271 g/mol. The molecule has 1 aromatic rings. The van der Waals surface area contributed by atoms with Crippen molar-refractivity contribution in [3.05, 3.63) is 29.8 Å². The van der Waals surface area contributed by atoms with E-state index in [-0.39, 0.29) is 5.71 Å². The molecule has 0 saturated carbocycles. The molecule has 18 heavy (non-hydrogen) atoms. The highest BCUT2D eigenvalue weighted by molar-refractivity contribution is 7.92. The van der Waals surface area contributed by atoms with Gasteiger partial charge < -0.3 is 9.94 Å². The molecule has 1 rings (SSSR count). The highest BCUT2D eigenvalue weighted by Crippen LogP contribution is 2.17. The van der Waals surface area contributed by atoms with Crippen LogP contribution in [0, 0.1) is 0 Å². The standard InChI is InChI=1S/C12H17NO4S/c1-4-11(18(3,15)16)12(13-14)9-5-7-10(17-2)8-6-9/h5-8,11,14H,4H2,1-3H3/b13-12-/t11-/m1/s1. The lowest BCUT2D eigenvalue weighted by Gasteiger charge is -2.14. The molecule has 100 valence electrons. The first kappa shape index (κ1) is 14.5. The Kier molecular flexibility index (Phi) is 4.72. The lowest BCUT2D eigenvalue weighted by atomic mass is 10.1. The summed E-state index contributed by atoms with van der Waals surface area (Å²) in [7, 11) is -1.77. The van der Waals surface area contributed by atoms with Crippen LogP contribution < -0.4 is 4.74 Å². The van der Waals surface area contributed by atoms with Crippen molar-refractivity contribution in [1.82, 2.24) is 0 Å². The zero-order valence-corrected chi connectivity index (χ0v) is 11.4. The number of hydrogen-bond acceptors (Lipinski definition) is 5. The highest BCUT2D eigenvalue weighted by atomic mass is 32.2. The fourth-order valence-electron chi connectivity index (χ4n) is 1.77. The average molecular weight is 271 g/mol. The minimum absolute atomic E-state index is 0.155. The van der Waals surface area contributed by atoms with Crippen molar-refractivity contribution in [1.29, 1.82) is 0 Å². The predicted molar refractivity (Wildman–Crippen MR) is 70.2 cm³/mol. The van der Waals surface area contributed by atoms with Crippen molar-refractivity contribution in [3.63, 3.8) is 0 Å². The molecule has 0 aliphatic heterocycles. The summed E-state index contributed by atoms with van der Waals surface area (Å²) < 4.78 is 28.3.